The molecule has 0 unspecified atom stereocenters. The van der Waals surface area contributed by atoms with Crippen LogP contribution in [0.2, 0.25) is 0 Å². The van der Waals surface area contributed by atoms with E-state index in [1.165, 1.54) is 6.08 Å². The lowest BCUT2D eigenvalue weighted by molar-refractivity contribution is -0.146. The van der Waals surface area contributed by atoms with E-state index in [9.17, 15) is 14.4 Å². The number of carboxylic acid groups (broad SMARTS) is 1. The van der Waals surface area contributed by atoms with Crippen molar-refractivity contribution in [2.75, 3.05) is 13.2 Å². The number of carboxylic acids is 1. The zero-order valence-corrected chi connectivity index (χ0v) is 19.3. The number of hydrogen-bond donors (Lipinski definition) is 1. The number of rotatable bonds is 15. The third-order valence-corrected chi connectivity index (χ3v) is 5.92. The van der Waals surface area contributed by atoms with Gasteiger partial charge in [-0.2, -0.15) is 0 Å². The Morgan fingerprint density at radius 3 is 1.91 bits per heavy atom. The molecule has 1 aliphatic rings. The summed E-state index contributed by atoms with van der Waals surface area (Å²) in [6.45, 7) is 4.47. The predicted octanol–water partition coefficient (Wildman–Crippen LogP) is 5.32. The molecule has 7 heteroatoms. The summed E-state index contributed by atoms with van der Waals surface area (Å²) >= 11 is 0. The van der Waals surface area contributed by atoms with Crippen molar-refractivity contribution in [2.24, 2.45) is 11.8 Å². The van der Waals surface area contributed by atoms with Gasteiger partial charge in [-0.15, -0.1) is 0 Å². The van der Waals surface area contributed by atoms with E-state index >= 15 is 0 Å². The van der Waals surface area contributed by atoms with Gasteiger partial charge >= 0.3 is 17.9 Å². The summed E-state index contributed by atoms with van der Waals surface area (Å²) in [6.07, 6.45) is 10.8. The smallest absolute Gasteiger partial charge is 0.330 e. The molecule has 1 aromatic carbocycles. The highest BCUT2D eigenvalue weighted by molar-refractivity contribution is 5.81. The lowest BCUT2D eigenvalue weighted by Crippen LogP contribution is -2.28. The summed E-state index contributed by atoms with van der Waals surface area (Å²) in [5.41, 5.74) is 0. The predicted molar refractivity (Wildman–Crippen MR) is 124 cm³/mol. The average Bonchev–Trinajstić information content (AvgIpc) is 2.83. The first-order chi connectivity index (χ1) is 16.0. The van der Waals surface area contributed by atoms with Crippen molar-refractivity contribution in [1.29, 1.82) is 0 Å². The van der Waals surface area contributed by atoms with Gasteiger partial charge in [0, 0.05) is 6.08 Å². The number of ether oxygens (including phenoxy) is 3. The number of carbonyl (C=O) groups excluding carboxylic acids is 2. The molecule has 1 aromatic rings. The van der Waals surface area contributed by atoms with Crippen LogP contribution in [0.1, 0.15) is 70.6 Å². The van der Waals surface area contributed by atoms with Crippen LogP contribution in [0.25, 0.3) is 0 Å². The van der Waals surface area contributed by atoms with E-state index in [4.69, 9.17) is 19.3 Å². The van der Waals surface area contributed by atoms with Crippen LogP contribution in [-0.2, 0) is 19.1 Å². The van der Waals surface area contributed by atoms with E-state index < -0.39 is 5.97 Å². The molecule has 2 rings (SSSR count). The van der Waals surface area contributed by atoms with Crippen LogP contribution in [0.3, 0.4) is 0 Å². The molecule has 0 saturated heterocycles. The van der Waals surface area contributed by atoms with E-state index in [-0.39, 0.29) is 23.8 Å². The highest BCUT2D eigenvalue weighted by Gasteiger charge is 2.30. The Hall–Kier alpha value is -2.83. The molecule has 0 bridgehead atoms. The van der Waals surface area contributed by atoms with Crippen molar-refractivity contribution >= 4 is 17.9 Å². The summed E-state index contributed by atoms with van der Waals surface area (Å²) in [7, 11) is 0. The molecule has 0 radical (unpaired) electrons. The van der Waals surface area contributed by atoms with Crippen LogP contribution in [0.5, 0.6) is 11.5 Å². The van der Waals surface area contributed by atoms with Gasteiger partial charge in [-0.05, 0) is 62.8 Å². The monoisotopic (exact) mass is 460 g/mol. The molecule has 0 heterocycles. The Morgan fingerprint density at radius 2 is 1.33 bits per heavy atom. The maximum atomic E-state index is 12.3. The Labute approximate surface area is 196 Å². The van der Waals surface area contributed by atoms with Gasteiger partial charge in [0.05, 0.1) is 25.0 Å². The Morgan fingerprint density at radius 1 is 0.818 bits per heavy atom. The number of hydrogen-bond acceptors (Lipinski definition) is 6. The number of unbranched alkanes of at least 4 members (excludes halogenated alkanes) is 6. The van der Waals surface area contributed by atoms with Crippen LogP contribution >= 0.6 is 0 Å². The fourth-order valence-electron chi connectivity index (χ4n) is 3.89. The van der Waals surface area contributed by atoms with Crippen LogP contribution in [0, 0.1) is 11.8 Å². The fourth-order valence-corrected chi connectivity index (χ4v) is 3.89. The SMILES string of the molecule is C=CC(=O)OCCCCCCCCCOc1ccc(OC(=O)C2CCC(C(=O)O)CC2)cc1. The first-order valence-electron chi connectivity index (χ1n) is 12.0. The topological polar surface area (TPSA) is 99.1 Å². The van der Waals surface area contributed by atoms with Gasteiger partial charge in [0.25, 0.3) is 0 Å². The van der Waals surface area contributed by atoms with Crippen LogP contribution in [-0.4, -0.2) is 36.2 Å². The van der Waals surface area contributed by atoms with E-state index in [1.807, 2.05) is 0 Å². The second-order valence-corrected chi connectivity index (χ2v) is 8.47. The van der Waals surface area contributed by atoms with Crippen molar-refractivity contribution in [2.45, 2.75) is 70.6 Å². The maximum Gasteiger partial charge on any atom is 0.330 e. The number of aliphatic carboxylic acids is 1. The third-order valence-electron chi connectivity index (χ3n) is 5.92. The zero-order valence-electron chi connectivity index (χ0n) is 19.3. The summed E-state index contributed by atoms with van der Waals surface area (Å²) < 4.78 is 16.2. The molecule has 0 spiro atoms. The highest BCUT2D eigenvalue weighted by Crippen LogP contribution is 2.30. The van der Waals surface area contributed by atoms with Gasteiger partial charge in [-0.1, -0.05) is 38.7 Å². The standard InChI is InChI=1S/C26H36O7/c1-2-24(27)32-19-9-7-5-3-4-6-8-18-31-22-14-16-23(17-15-22)33-26(30)21-12-10-20(11-13-21)25(28)29/h2,14-17,20-21H,1,3-13,18-19H2,(H,28,29). The third kappa shape index (κ3) is 10.6. The minimum Gasteiger partial charge on any atom is -0.494 e. The van der Waals surface area contributed by atoms with Crippen molar-refractivity contribution in [3.05, 3.63) is 36.9 Å². The molecule has 1 saturated carbocycles. The number of esters is 2. The summed E-state index contributed by atoms with van der Waals surface area (Å²) in [4.78, 5) is 34.2. The zero-order chi connectivity index (χ0) is 23.9. The Balaban J connectivity index is 1.51. The van der Waals surface area contributed by atoms with Crippen molar-refractivity contribution < 1.29 is 33.7 Å². The van der Waals surface area contributed by atoms with Gasteiger partial charge in [0.1, 0.15) is 11.5 Å². The van der Waals surface area contributed by atoms with Gasteiger partial charge in [-0.3, -0.25) is 9.59 Å². The van der Waals surface area contributed by atoms with E-state index in [0.29, 0.717) is 44.6 Å². The molecule has 33 heavy (non-hydrogen) atoms. The summed E-state index contributed by atoms with van der Waals surface area (Å²) in [6, 6.07) is 7.04. The molecule has 7 nitrogen and oxygen atoms in total. The molecule has 1 aliphatic carbocycles. The van der Waals surface area contributed by atoms with E-state index in [0.717, 1.165) is 50.7 Å². The van der Waals surface area contributed by atoms with Gasteiger partial charge in [-0.25, -0.2) is 4.79 Å². The molecule has 1 N–H and O–H groups in total. The second-order valence-electron chi connectivity index (χ2n) is 8.47. The van der Waals surface area contributed by atoms with Gasteiger partial charge in [0.2, 0.25) is 0 Å². The van der Waals surface area contributed by atoms with Crippen molar-refractivity contribution in [3.8, 4) is 11.5 Å². The lowest BCUT2D eigenvalue weighted by atomic mass is 9.82. The van der Waals surface area contributed by atoms with Crippen LogP contribution in [0.4, 0.5) is 0 Å². The molecule has 1 fully saturated rings. The Kier molecular flexibility index (Phi) is 12.1. The summed E-state index contributed by atoms with van der Waals surface area (Å²) in [5.74, 6) is -0.777. The number of carbonyl (C=O) groups is 3. The summed E-state index contributed by atoms with van der Waals surface area (Å²) in [5, 5.41) is 9.05. The largest absolute Gasteiger partial charge is 0.494 e. The van der Waals surface area contributed by atoms with Crippen molar-refractivity contribution in [1.82, 2.24) is 0 Å². The minimum absolute atomic E-state index is 0.230. The quantitative estimate of drug-likeness (QED) is 0.164. The van der Waals surface area contributed by atoms with Gasteiger partial charge < -0.3 is 19.3 Å². The normalized spacial score (nSPS) is 17.7. The fraction of sp³-hybridized carbons (Fsp3) is 0.577. The molecular formula is C26H36O7. The molecule has 182 valence electrons. The maximum absolute atomic E-state index is 12.3. The Bertz CT molecular complexity index is 748. The van der Waals surface area contributed by atoms with Crippen LogP contribution in [0.15, 0.2) is 36.9 Å². The van der Waals surface area contributed by atoms with E-state index in [1.54, 1.807) is 24.3 Å². The average molecular weight is 461 g/mol. The van der Waals surface area contributed by atoms with Gasteiger partial charge in [0.15, 0.2) is 0 Å². The first kappa shape index (κ1) is 26.4. The second kappa shape index (κ2) is 15.1. The molecular weight excluding hydrogens is 424 g/mol. The number of benzene rings is 1. The van der Waals surface area contributed by atoms with Crippen LogP contribution < -0.4 is 9.47 Å². The molecule has 0 aliphatic heterocycles. The van der Waals surface area contributed by atoms with Crippen molar-refractivity contribution in [3.63, 3.8) is 0 Å². The van der Waals surface area contributed by atoms with E-state index in [2.05, 4.69) is 6.58 Å². The molecule has 0 amide bonds. The first-order valence-corrected chi connectivity index (χ1v) is 12.0. The molecule has 0 aromatic heterocycles. The minimum atomic E-state index is -0.780. The highest BCUT2D eigenvalue weighted by atomic mass is 16.5. The molecule has 0 atom stereocenters. The lowest BCUT2D eigenvalue weighted by Gasteiger charge is -2.24.